The molecule has 0 aromatic carbocycles. The van der Waals surface area contributed by atoms with Gasteiger partial charge in [-0.15, -0.1) is 0 Å². The van der Waals surface area contributed by atoms with Gasteiger partial charge in [0.15, 0.2) is 0 Å². The van der Waals surface area contributed by atoms with Gasteiger partial charge in [0.25, 0.3) is 5.91 Å². The molecule has 0 saturated carbocycles. The number of nitrogens with two attached hydrogens (primary N) is 1. The fourth-order valence-electron chi connectivity index (χ4n) is 1.41. The molecule has 0 aromatic heterocycles. The Balaban J connectivity index is 3.88. The zero-order valence-corrected chi connectivity index (χ0v) is 12.9. The molecule has 0 aliphatic rings. The quantitative estimate of drug-likeness (QED) is 0.384. The van der Waals surface area contributed by atoms with Gasteiger partial charge in [0, 0.05) is 19.8 Å². The molecule has 0 saturated heterocycles. The number of unbranched alkanes of at least 4 members (excludes halogenated alkanes) is 1. The number of aliphatic carboxylic acids is 1. The van der Waals surface area contributed by atoms with Crippen molar-refractivity contribution in [3.63, 3.8) is 0 Å². The number of hydrogen-bond acceptors (Lipinski definition) is 5. The average Bonchev–Trinajstić information content (AvgIpc) is 2.21. The van der Waals surface area contributed by atoms with E-state index in [-0.39, 0.29) is 18.3 Å². The third kappa shape index (κ3) is 11.9. The van der Waals surface area contributed by atoms with Crippen molar-refractivity contribution < 1.29 is 24.2 Å². The maximum absolute atomic E-state index is 11.5. The predicted octanol–water partition coefficient (Wildman–Crippen LogP) is 2.26. The van der Waals surface area contributed by atoms with Crippen LogP contribution in [-0.4, -0.2) is 29.6 Å². The van der Waals surface area contributed by atoms with Gasteiger partial charge in [-0.2, -0.15) is 0 Å². The Hall–Kier alpha value is -1.14. The Morgan fingerprint density at radius 2 is 1.65 bits per heavy atom. The third-order valence-corrected chi connectivity index (χ3v) is 2.58. The fourth-order valence-corrected chi connectivity index (χ4v) is 1.41. The van der Waals surface area contributed by atoms with Crippen molar-refractivity contribution in [1.29, 1.82) is 0 Å². The van der Waals surface area contributed by atoms with Crippen molar-refractivity contribution >= 4 is 11.9 Å². The van der Waals surface area contributed by atoms with Crippen LogP contribution in [0.5, 0.6) is 0 Å². The summed E-state index contributed by atoms with van der Waals surface area (Å²) in [6.07, 6.45) is 1.90. The summed E-state index contributed by atoms with van der Waals surface area (Å²) in [7, 11) is 0. The molecule has 0 aromatic rings. The molecule has 0 rings (SSSR count). The van der Waals surface area contributed by atoms with Crippen molar-refractivity contribution in [3.05, 3.63) is 0 Å². The van der Waals surface area contributed by atoms with E-state index < -0.39 is 17.8 Å². The molecule has 1 atom stereocenters. The minimum Gasteiger partial charge on any atom is -0.481 e. The van der Waals surface area contributed by atoms with Gasteiger partial charge in [-0.25, -0.2) is 0 Å². The number of ether oxygens (including phenoxy) is 2. The molecule has 0 amide bonds. The van der Waals surface area contributed by atoms with E-state index in [2.05, 4.69) is 20.8 Å². The van der Waals surface area contributed by atoms with E-state index >= 15 is 0 Å². The normalized spacial score (nSPS) is 14.7. The van der Waals surface area contributed by atoms with Crippen LogP contribution in [0.2, 0.25) is 0 Å². The fraction of sp³-hybridized carbons (Fsp3) is 0.857. The van der Waals surface area contributed by atoms with Crippen molar-refractivity contribution in [2.45, 2.75) is 65.7 Å². The lowest BCUT2D eigenvalue weighted by atomic mass is 9.93. The molecule has 0 heterocycles. The number of rotatable bonds is 9. The van der Waals surface area contributed by atoms with Gasteiger partial charge in [0.05, 0.1) is 6.61 Å². The SMILES string of the molecule is CC(C)(C)CCOC(C)(N)OC(=O)CCCCC(=O)O. The molecule has 20 heavy (non-hydrogen) atoms. The van der Waals surface area contributed by atoms with E-state index in [0.717, 1.165) is 6.42 Å². The second-order valence-electron chi connectivity index (χ2n) is 6.25. The molecule has 0 aliphatic carbocycles. The molecule has 0 spiro atoms. The van der Waals surface area contributed by atoms with E-state index in [1.165, 1.54) is 6.92 Å². The second-order valence-corrected chi connectivity index (χ2v) is 6.25. The lowest BCUT2D eigenvalue weighted by molar-refractivity contribution is -0.223. The highest BCUT2D eigenvalue weighted by Crippen LogP contribution is 2.19. The summed E-state index contributed by atoms with van der Waals surface area (Å²) in [6, 6.07) is 0. The Bertz CT molecular complexity index is 320. The van der Waals surface area contributed by atoms with Crippen molar-refractivity contribution in [1.82, 2.24) is 0 Å². The van der Waals surface area contributed by atoms with Gasteiger partial charge >= 0.3 is 11.9 Å². The Morgan fingerprint density at radius 3 is 2.15 bits per heavy atom. The Kier molecular flexibility index (Phi) is 7.75. The number of carboxylic acid groups (broad SMARTS) is 1. The first-order valence-corrected chi connectivity index (χ1v) is 6.88. The van der Waals surface area contributed by atoms with Crippen LogP contribution in [0, 0.1) is 5.41 Å². The van der Waals surface area contributed by atoms with Crippen molar-refractivity contribution in [3.8, 4) is 0 Å². The van der Waals surface area contributed by atoms with Crippen molar-refractivity contribution in [2.75, 3.05) is 6.61 Å². The smallest absolute Gasteiger partial charge is 0.309 e. The number of carbonyl (C=O) groups is 2. The summed E-state index contributed by atoms with van der Waals surface area (Å²) in [6.45, 7) is 8.14. The first-order valence-electron chi connectivity index (χ1n) is 6.88. The Morgan fingerprint density at radius 1 is 1.10 bits per heavy atom. The number of hydrogen-bond donors (Lipinski definition) is 2. The minimum atomic E-state index is -1.44. The van der Waals surface area contributed by atoms with Gasteiger partial charge in [0.2, 0.25) is 0 Å². The first-order chi connectivity index (χ1) is 9.02. The van der Waals surface area contributed by atoms with Crippen LogP contribution in [0.25, 0.3) is 0 Å². The zero-order chi connectivity index (χ0) is 15.8. The molecular formula is C14H27NO5. The van der Waals surface area contributed by atoms with Crippen LogP contribution in [0.4, 0.5) is 0 Å². The maximum atomic E-state index is 11.5. The van der Waals surface area contributed by atoms with Gasteiger partial charge in [-0.1, -0.05) is 20.8 Å². The monoisotopic (exact) mass is 289 g/mol. The van der Waals surface area contributed by atoms with Crippen LogP contribution < -0.4 is 5.73 Å². The van der Waals surface area contributed by atoms with Gasteiger partial charge in [-0.05, 0) is 24.7 Å². The van der Waals surface area contributed by atoms with Crippen LogP contribution in [0.3, 0.4) is 0 Å². The van der Waals surface area contributed by atoms with Crippen LogP contribution in [0.1, 0.15) is 59.8 Å². The number of carboxylic acids is 1. The lowest BCUT2D eigenvalue weighted by Crippen LogP contribution is -2.44. The molecular weight excluding hydrogens is 262 g/mol. The summed E-state index contributed by atoms with van der Waals surface area (Å²) in [5.74, 6) is -2.78. The third-order valence-electron chi connectivity index (χ3n) is 2.58. The van der Waals surface area contributed by atoms with E-state index in [1.54, 1.807) is 0 Å². The van der Waals surface area contributed by atoms with Crippen molar-refractivity contribution in [2.24, 2.45) is 11.1 Å². The highest BCUT2D eigenvalue weighted by molar-refractivity contribution is 5.70. The second kappa shape index (κ2) is 8.21. The van der Waals surface area contributed by atoms with Gasteiger partial charge in [0.1, 0.15) is 0 Å². The predicted molar refractivity (Wildman–Crippen MR) is 74.8 cm³/mol. The van der Waals surface area contributed by atoms with E-state index in [9.17, 15) is 9.59 Å². The van der Waals surface area contributed by atoms with Crippen LogP contribution in [0.15, 0.2) is 0 Å². The zero-order valence-electron chi connectivity index (χ0n) is 12.9. The largest absolute Gasteiger partial charge is 0.481 e. The molecule has 3 N–H and O–H groups in total. The summed E-state index contributed by atoms with van der Waals surface area (Å²) < 4.78 is 10.4. The summed E-state index contributed by atoms with van der Waals surface area (Å²) in [5, 5.41) is 8.47. The number of esters is 1. The highest BCUT2D eigenvalue weighted by Gasteiger charge is 2.25. The van der Waals surface area contributed by atoms with Crippen LogP contribution in [-0.2, 0) is 19.1 Å². The number of carbonyl (C=O) groups excluding carboxylic acids is 1. The van der Waals surface area contributed by atoms with E-state index in [1.807, 2.05) is 0 Å². The molecule has 1 unspecified atom stereocenters. The molecule has 6 nitrogen and oxygen atoms in total. The minimum absolute atomic E-state index is 0.0508. The average molecular weight is 289 g/mol. The maximum Gasteiger partial charge on any atom is 0.309 e. The molecule has 0 radical (unpaired) electrons. The van der Waals surface area contributed by atoms with Gasteiger partial charge < -0.3 is 14.6 Å². The first kappa shape index (κ1) is 18.9. The summed E-state index contributed by atoms with van der Waals surface area (Å²) >= 11 is 0. The lowest BCUT2D eigenvalue weighted by Gasteiger charge is -2.27. The molecule has 6 heteroatoms. The summed E-state index contributed by atoms with van der Waals surface area (Å²) in [4.78, 5) is 21.8. The Labute approximate surface area is 120 Å². The standard InChI is InChI=1S/C14H27NO5/c1-13(2,3)9-10-19-14(4,15)20-12(18)8-6-5-7-11(16)17/h5-10,15H2,1-4H3,(H,16,17). The van der Waals surface area contributed by atoms with Gasteiger partial charge in [-0.3, -0.25) is 15.3 Å². The van der Waals surface area contributed by atoms with Crippen LogP contribution >= 0.6 is 0 Å². The summed E-state index contributed by atoms with van der Waals surface area (Å²) in [5.41, 5.74) is 5.86. The molecule has 0 bridgehead atoms. The molecule has 0 fully saturated rings. The molecule has 118 valence electrons. The topological polar surface area (TPSA) is 98.9 Å². The van der Waals surface area contributed by atoms with E-state index in [4.69, 9.17) is 20.3 Å². The molecule has 0 aliphatic heterocycles. The van der Waals surface area contributed by atoms with E-state index in [0.29, 0.717) is 19.4 Å². The highest BCUT2D eigenvalue weighted by atomic mass is 16.7.